The van der Waals surface area contributed by atoms with Crippen molar-refractivity contribution in [1.29, 1.82) is 0 Å². The first-order valence-corrected chi connectivity index (χ1v) is 10.2. The Morgan fingerprint density at radius 2 is 1.90 bits per heavy atom. The molecule has 30 heavy (non-hydrogen) atoms. The van der Waals surface area contributed by atoms with E-state index in [0.717, 1.165) is 4.31 Å². The van der Waals surface area contributed by atoms with Crippen LogP contribution in [-0.4, -0.2) is 50.2 Å². The van der Waals surface area contributed by atoms with E-state index in [9.17, 15) is 28.1 Å². The van der Waals surface area contributed by atoms with Gasteiger partial charge in [-0.3, -0.25) is 14.9 Å². The molecule has 0 aliphatic rings. The maximum absolute atomic E-state index is 12.3. The van der Waals surface area contributed by atoms with Crippen LogP contribution < -0.4 is 5.32 Å². The molecule has 1 amide bonds. The van der Waals surface area contributed by atoms with Crippen molar-refractivity contribution in [2.45, 2.75) is 11.8 Å². The lowest BCUT2D eigenvalue weighted by Crippen LogP contribution is -2.24. The van der Waals surface area contributed by atoms with Crippen LogP contribution in [0.5, 0.6) is 0 Å². The van der Waals surface area contributed by atoms with E-state index in [-0.39, 0.29) is 32.4 Å². The zero-order valence-corrected chi connectivity index (χ0v) is 17.8. The Morgan fingerprint density at radius 3 is 2.50 bits per heavy atom. The molecule has 0 unspecified atom stereocenters. The molecular weight excluding hydrogens is 438 g/mol. The molecule has 12 heteroatoms. The molecule has 1 N–H and O–H groups in total. The minimum atomic E-state index is -3.83. The van der Waals surface area contributed by atoms with E-state index in [0.29, 0.717) is 0 Å². The Morgan fingerprint density at radius 1 is 1.23 bits per heavy atom. The summed E-state index contributed by atoms with van der Waals surface area (Å²) in [6.07, 6.45) is 0. The SMILES string of the molecule is Cc1c(C(=O)OCC(=O)Nc2ccc(Cl)c(S(=O)(=O)N(C)C)c2)cccc1[N+](=O)[O-]. The number of hydrogen-bond donors (Lipinski definition) is 1. The zero-order valence-electron chi connectivity index (χ0n) is 16.2. The van der Waals surface area contributed by atoms with Gasteiger partial charge in [0.05, 0.1) is 15.5 Å². The quantitative estimate of drug-likeness (QED) is 0.385. The minimum absolute atomic E-state index is 0.0192. The van der Waals surface area contributed by atoms with Crippen molar-refractivity contribution >= 4 is 44.9 Å². The molecule has 2 rings (SSSR count). The van der Waals surface area contributed by atoms with Crippen molar-refractivity contribution in [2.24, 2.45) is 0 Å². The summed E-state index contributed by atoms with van der Waals surface area (Å²) in [5.41, 5.74) is -0.0379. The van der Waals surface area contributed by atoms with Crippen LogP contribution in [0.3, 0.4) is 0 Å². The summed E-state index contributed by atoms with van der Waals surface area (Å²) < 4.78 is 30.4. The van der Waals surface area contributed by atoms with Crippen molar-refractivity contribution < 1.29 is 27.7 Å². The number of nitrogens with one attached hydrogen (secondary N) is 1. The molecule has 0 spiro atoms. The molecule has 160 valence electrons. The Balaban J connectivity index is 2.10. The fraction of sp³-hybridized carbons (Fsp3) is 0.222. The number of ether oxygens (including phenoxy) is 1. The third kappa shape index (κ3) is 5.12. The van der Waals surface area contributed by atoms with E-state index in [1.54, 1.807) is 0 Å². The topological polar surface area (TPSA) is 136 Å². The minimum Gasteiger partial charge on any atom is -0.452 e. The number of nitro groups is 1. The number of esters is 1. The van der Waals surface area contributed by atoms with Gasteiger partial charge in [-0.1, -0.05) is 17.7 Å². The van der Waals surface area contributed by atoms with Gasteiger partial charge >= 0.3 is 5.97 Å². The molecule has 2 aromatic rings. The normalized spacial score (nSPS) is 11.2. The number of nitro benzene ring substituents is 1. The molecule has 10 nitrogen and oxygen atoms in total. The van der Waals surface area contributed by atoms with Crippen LogP contribution in [0.4, 0.5) is 11.4 Å². The van der Waals surface area contributed by atoms with Crippen molar-refractivity contribution in [1.82, 2.24) is 4.31 Å². The first kappa shape index (κ1) is 23.3. The summed E-state index contributed by atoms with van der Waals surface area (Å²) in [7, 11) is -1.15. The Labute approximate surface area is 177 Å². The highest BCUT2D eigenvalue weighted by molar-refractivity contribution is 7.89. The highest BCUT2D eigenvalue weighted by atomic mass is 35.5. The Bertz CT molecular complexity index is 1120. The van der Waals surface area contributed by atoms with Gasteiger partial charge in [-0.05, 0) is 31.2 Å². The summed E-state index contributed by atoms with van der Waals surface area (Å²) in [4.78, 5) is 34.4. The van der Waals surface area contributed by atoms with Crippen LogP contribution in [0.15, 0.2) is 41.3 Å². The number of rotatable bonds is 7. The maximum atomic E-state index is 12.3. The molecule has 0 radical (unpaired) electrons. The smallest absolute Gasteiger partial charge is 0.339 e. The average molecular weight is 456 g/mol. The summed E-state index contributed by atoms with van der Waals surface area (Å²) in [5.74, 6) is -1.64. The third-order valence-electron chi connectivity index (χ3n) is 4.03. The molecule has 0 aliphatic heterocycles. The lowest BCUT2D eigenvalue weighted by atomic mass is 10.1. The van der Waals surface area contributed by atoms with E-state index in [4.69, 9.17) is 16.3 Å². The van der Waals surface area contributed by atoms with Gasteiger partial charge in [0.1, 0.15) is 4.90 Å². The van der Waals surface area contributed by atoms with Gasteiger partial charge in [-0.15, -0.1) is 0 Å². The third-order valence-corrected chi connectivity index (χ3v) is 6.33. The summed E-state index contributed by atoms with van der Waals surface area (Å²) >= 11 is 5.95. The summed E-state index contributed by atoms with van der Waals surface area (Å²) in [5, 5.41) is 13.4. The molecular formula is C18H18ClN3O7S. The second kappa shape index (κ2) is 9.20. The number of sulfonamides is 1. The van der Waals surface area contributed by atoms with Gasteiger partial charge in [0.15, 0.2) is 6.61 Å². The van der Waals surface area contributed by atoms with Crippen LogP contribution in [0.1, 0.15) is 15.9 Å². The lowest BCUT2D eigenvalue weighted by Gasteiger charge is -2.14. The van der Waals surface area contributed by atoms with Gasteiger partial charge in [-0.25, -0.2) is 17.5 Å². The number of carbonyl (C=O) groups excluding carboxylic acids is 2. The highest BCUT2D eigenvalue weighted by Gasteiger charge is 2.22. The Kier molecular flexibility index (Phi) is 7.13. The van der Waals surface area contributed by atoms with Crippen molar-refractivity contribution in [3.05, 3.63) is 62.7 Å². The predicted molar refractivity (Wildman–Crippen MR) is 109 cm³/mol. The number of nitrogens with zero attached hydrogens (tertiary/aromatic N) is 2. The van der Waals surface area contributed by atoms with Gasteiger partial charge < -0.3 is 10.1 Å². The molecule has 0 saturated heterocycles. The van der Waals surface area contributed by atoms with Crippen LogP contribution in [-0.2, 0) is 19.6 Å². The molecule has 0 aliphatic carbocycles. The molecule has 0 saturated carbocycles. The maximum Gasteiger partial charge on any atom is 0.339 e. The van der Waals surface area contributed by atoms with Crippen LogP contribution in [0, 0.1) is 17.0 Å². The second-order valence-corrected chi connectivity index (χ2v) is 8.79. The standard InChI is InChI=1S/C18H18ClN3O7S/c1-11-13(5-4-6-15(11)22(25)26)18(24)29-10-17(23)20-12-7-8-14(19)16(9-12)30(27,28)21(2)3/h4-9H,10H2,1-3H3,(H,20,23). The summed E-state index contributed by atoms with van der Waals surface area (Å²) in [6, 6.07) is 7.82. The first-order valence-electron chi connectivity index (χ1n) is 8.38. The molecule has 0 aromatic heterocycles. The van der Waals surface area contributed by atoms with Crippen LogP contribution >= 0.6 is 11.6 Å². The van der Waals surface area contributed by atoms with Crippen molar-refractivity contribution in [3.63, 3.8) is 0 Å². The summed E-state index contributed by atoms with van der Waals surface area (Å²) in [6.45, 7) is 0.717. The lowest BCUT2D eigenvalue weighted by molar-refractivity contribution is -0.385. The van der Waals surface area contributed by atoms with Gasteiger partial charge in [0, 0.05) is 31.4 Å². The van der Waals surface area contributed by atoms with Gasteiger partial charge in [0.25, 0.3) is 11.6 Å². The van der Waals surface area contributed by atoms with E-state index in [2.05, 4.69) is 5.32 Å². The number of halogens is 1. The number of amides is 1. The molecule has 0 atom stereocenters. The molecule has 0 heterocycles. The molecule has 2 aromatic carbocycles. The van der Waals surface area contributed by atoms with Crippen molar-refractivity contribution in [2.75, 3.05) is 26.0 Å². The van der Waals surface area contributed by atoms with E-state index < -0.39 is 33.4 Å². The van der Waals surface area contributed by atoms with Crippen molar-refractivity contribution in [3.8, 4) is 0 Å². The van der Waals surface area contributed by atoms with Crippen LogP contribution in [0.25, 0.3) is 0 Å². The van der Waals surface area contributed by atoms with E-state index in [1.807, 2.05) is 0 Å². The number of anilines is 1. The van der Waals surface area contributed by atoms with Crippen LogP contribution in [0.2, 0.25) is 5.02 Å². The molecule has 0 fully saturated rings. The first-order chi connectivity index (χ1) is 13.9. The average Bonchev–Trinajstić information content (AvgIpc) is 2.67. The Hall–Kier alpha value is -3.02. The molecule has 0 bridgehead atoms. The monoisotopic (exact) mass is 455 g/mol. The fourth-order valence-electron chi connectivity index (χ4n) is 2.42. The van der Waals surface area contributed by atoms with E-state index in [1.165, 1.54) is 57.4 Å². The van der Waals surface area contributed by atoms with E-state index >= 15 is 0 Å². The largest absolute Gasteiger partial charge is 0.452 e. The number of benzene rings is 2. The number of carbonyl (C=O) groups is 2. The predicted octanol–water partition coefficient (Wildman–Crippen LogP) is 2.60. The van der Waals surface area contributed by atoms with Gasteiger partial charge in [0.2, 0.25) is 10.0 Å². The highest BCUT2D eigenvalue weighted by Crippen LogP contribution is 2.27. The fourth-order valence-corrected chi connectivity index (χ4v) is 3.82. The second-order valence-electron chi connectivity index (χ2n) is 6.26. The van der Waals surface area contributed by atoms with Gasteiger partial charge in [-0.2, -0.15) is 0 Å². The number of hydrogen-bond acceptors (Lipinski definition) is 7. The zero-order chi connectivity index (χ0) is 22.6.